The maximum atomic E-state index is 13.1. The number of rotatable bonds is 6. The first-order valence-corrected chi connectivity index (χ1v) is 14.3. The second kappa shape index (κ2) is 10.4. The summed E-state index contributed by atoms with van der Waals surface area (Å²) in [6.45, 7) is 0. The second-order valence-electron chi connectivity index (χ2n) is 8.91. The molecule has 3 heterocycles. The minimum absolute atomic E-state index is 0.0692. The third-order valence-electron chi connectivity index (χ3n) is 6.38. The predicted octanol–water partition coefficient (Wildman–Crippen LogP) is 5.75. The van der Waals surface area contributed by atoms with Crippen LogP contribution >= 0.6 is 35.1 Å². The SMILES string of the molecule is O=C(Cc1ccccc1)NOC(=O)C1=C(Sc2ccc3c(c2)oc2cc(CCl)ccc23)CS[C@H]2CC(=O)N12. The molecular weight excluding hydrogens is 544 g/mol. The van der Waals surface area contributed by atoms with E-state index in [4.69, 9.17) is 20.9 Å². The normalized spacial score (nSPS) is 16.9. The number of carbonyl (C=O) groups excluding carboxylic acids is 3. The van der Waals surface area contributed by atoms with Crippen molar-refractivity contribution in [2.45, 2.75) is 29.0 Å². The number of amides is 2. The van der Waals surface area contributed by atoms with Gasteiger partial charge in [-0.05, 0) is 35.4 Å². The van der Waals surface area contributed by atoms with Gasteiger partial charge in [-0.25, -0.2) is 4.79 Å². The van der Waals surface area contributed by atoms with Gasteiger partial charge in [0, 0.05) is 32.2 Å². The lowest BCUT2D eigenvalue weighted by molar-refractivity contribution is -0.158. The number of hydroxylamine groups is 1. The van der Waals surface area contributed by atoms with Gasteiger partial charge in [0.25, 0.3) is 5.91 Å². The Balaban J connectivity index is 1.25. The molecule has 7 nitrogen and oxygen atoms in total. The highest BCUT2D eigenvalue weighted by Crippen LogP contribution is 2.45. The van der Waals surface area contributed by atoms with E-state index in [1.54, 1.807) is 11.8 Å². The van der Waals surface area contributed by atoms with Crippen LogP contribution in [0.15, 0.2) is 86.6 Å². The van der Waals surface area contributed by atoms with Crippen molar-refractivity contribution in [3.63, 3.8) is 0 Å². The fourth-order valence-corrected chi connectivity index (χ4v) is 7.10. The number of furan rings is 1. The fraction of sp³-hybridized carbons (Fsp3) is 0.179. The topological polar surface area (TPSA) is 88.8 Å². The maximum Gasteiger partial charge on any atom is 0.380 e. The fourth-order valence-electron chi connectivity index (χ4n) is 4.51. The molecule has 0 spiro atoms. The number of carbonyl (C=O) groups is 3. The van der Waals surface area contributed by atoms with Crippen LogP contribution in [-0.4, -0.2) is 33.8 Å². The van der Waals surface area contributed by atoms with Crippen LogP contribution in [0.25, 0.3) is 21.9 Å². The minimum atomic E-state index is -0.759. The Bertz CT molecular complexity index is 1620. The monoisotopic (exact) mass is 564 g/mol. The smallest absolute Gasteiger partial charge is 0.380 e. The zero-order chi connectivity index (χ0) is 26.2. The van der Waals surface area contributed by atoms with E-state index in [0.29, 0.717) is 23.0 Å². The summed E-state index contributed by atoms with van der Waals surface area (Å²) in [7, 11) is 0. The van der Waals surface area contributed by atoms with E-state index in [0.717, 1.165) is 38.0 Å². The first-order valence-electron chi connectivity index (χ1n) is 11.9. The zero-order valence-electron chi connectivity index (χ0n) is 19.9. The van der Waals surface area contributed by atoms with Crippen LogP contribution in [0.4, 0.5) is 0 Å². The summed E-state index contributed by atoms with van der Waals surface area (Å²) in [5.41, 5.74) is 5.66. The van der Waals surface area contributed by atoms with Crippen LogP contribution in [0.1, 0.15) is 17.5 Å². The Hall–Kier alpha value is -3.40. The Kier molecular flexibility index (Phi) is 6.82. The van der Waals surface area contributed by atoms with Gasteiger partial charge in [0.1, 0.15) is 16.9 Å². The van der Waals surface area contributed by atoms with Gasteiger partial charge in [-0.15, -0.1) is 23.4 Å². The molecule has 3 aromatic carbocycles. The van der Waals surface area contributed by atoms with E-state index in [1.807, 2.05) is 66.7 Å². The number of hydrogen-bond donors (Lipinski definition) is 1. The van der Waals surface area contributed by atoms with Crippen LogP contribution in [0.5, 0.6) is 0 Å². The third kappa shape index (κ3) is 4.77. The van der Waals surface area contributed by atoms with Crippen molar-refractivity contribution >= 4 is 74.8 Å². The van der Waals surface area contributed by atoms with E-state index in [-0.39, 0.29) is 23.4 Å². The summed E-state index contributed by atoms with van der Waals surface area (Å²) in [5.74, 6) is -0.416. The molecule has 1 saturated heterocycles. The van der Waals surface area contributed by atoms with Gasteiger partial charge in [-0.1, -0.05) is 54.2 Å². The standard InChI is InChI=1S/C28H21ClN2O5S2/c29-14-17-6-8-19-20-9-7-18(12-22(20)35-21(19)10-17)38-23-15-37-26-13-25(33)31(26)27(23)28(34)36-30-24(32)11-16-4-2-1-3-5-16/h1-10,12,26H,11,13-15H2,(H,30,32)/t26-/m0/s1. The molecule has 1 aromatic heterocycles. The molecule has 4 aromatic rings. The average molecular weight is 565 g/mol. The number of nitrogens with zero attached hydrogens (tertiary/aromatic N) is 1. The van der Waals surface area contributed by atoms with Crippen molar-refractivity contribution in [3.05, 3.63) is 88.5 Å². The van der Waals surface area contributed by atoms with Crippen LogP contribution < -0.4 is 5.48 Å². The Labute approximate surface area is 231 Å². The first-order chi connectivity index (χ1) is 18.5. The Morgan fingerprint density at radius 1 is 1.05 bits per heavy atom. The molecule has 2 amide bonds. The number of alkyl halides is 1. The second-order valence-corrected chi connectivity index (χ2v) is 11.5. The van der Waals surface area contributed by atoms with E-state index in [2.05, 4.69) is 5.48 Å². The minimum Gasteiger partial charge on any atom is -0.456 e. The van der Waals surface area contributed by atoms with Crippen molar-refractivity contribution in [3.8, 4) is 0 Å². The van der Waals surface area contributed by atoms with Gasteiger partial charge >= 0.3 is 5.97 Å². The van der Waals surface area contributed by atoms with Crippen LogP contribution in [0.3, 0.4) is 0 Å². The van der Waals surface area contributed by atoms with Gasteiger partial charge in [0.05, 0.1) is 18.2 Å². The number of fused-ring (bicyclic) bond motifs is 4. The molecule has 38 heavy (non-hydrogen) atoms. The average Bonchev–Trinajstić information content (AvgIpc) is 3.29. The van der Waals surface area contributed by atoms with Gasteiger partial charge in [0.15, 0.2) is 0 Å². The van der Waals surface area contributed by atoms with Crippen molar-refractivity contribution in [1.82, 2.24) is 10.4 Å². The summed E-state index contributed by atoms with van der Waals surface area (Å²) in [5, 5.41) is 1.88. The zero-order valence-corrected chi connectivity index (χ0v) is 22.3. The van der Waals surface area contributed by atoms with Gasteiger partial charge < -0.3 is 9.25 Å². The summed E-state index contributed by atoms with van der Waals surface area (Å²) < 4.78 is 6.08. The van der Waals surface area contributed by atoms with Crippen molar-refractivity contribution in [1.29, 1.82) is 0 Å². The molecule has 0 unspecified atom stereocenters. The van der Waals surface area contributed by atoms with Crippen molar-refractivity contribution < 1.29 is 23.6 Å². The molecule has 2 aliphatic rings. The van der Waals surface area contributed by atoms with E-state index in [9.17, 15) is 14.4 Å². The molecule has 0 aliphatic carbocycles. The number of hydrogen-bond acceptors (Lipinski definition) is 7. The molecule has 10 heteroatoms. The first kappa shape index (κ1) is 24.9. The molecule has 1 atom stereocenters. The largest absolute Gasteiger partial charge is 0.456 e. The predicted molar refractivity (Wildman–Crippen MR) is 148 cm³/mol. The van der Waals surface area contributed by atoms with Gasteiger partial charge in [0.2, 0.25) is 5.91 Å². The molecule has 6 rings (SSSR count). The lowest BCUT2D eigenvalue weighted by Crippen LogP contribution is -2.54. The molecule has 192 valence electrons. The molecule has 1 fully saturated rings. The summed E-state index contributed by atoms with van der Waals surface area (Å²) >= 11 is 8.95. The van der Waals surface area contributed by atoms with E-state index < -0.39 is 11.9 Å². The molecule has 2 aliphatic heterocycles. The van der Waals surface area contributed by atoms with Crippen LogP contribution in [0, 0.1) is 0 Å². The Morgan fingerprint density at radius 3 is 2.58 bits per heavy atom. The Morgan fingerprint density at radius 2 is 1.82 bits per heavy atom. The van der Waals surface area contributed by atoms with Gasteiger partial charge in [-0.2, -0.15) is 5.48 Å². The summed E-state index contributed by atoms with van der Waals surface area (Å²) in [6.07, 6.45) is 0.439. The number of thioether (sulfide) groups is 2. The van der Waals surface area contributed by atoms with Crippen LogP contribution in [-0.2, 0) is 31.5 Å². The number of halogens is 1. The molecule has 1 N–H and O–H groups in total. The van der Waals surface area contributed by atoms with Gasteiger partial charge in [-0.3, -0.25) is 14.5 Å². The van der Waals surface area contributed by atoms with Crippen molar-refractivity contribution in [2.75, 3.05) is 5.75 Å². The number of β-lactam (4-membered cyclic amide) rings is 1. The highest BCUT2D eigenvalue weighted by Gasteiger charge is 2.46. The lowest BCUT2D eigenvalue weighted by atomic mass is 10.1. The van der Waals surface area contributed by atoms with Crippen LogP contribution in [0.2, 0.25) is 0 Å². The summed E-state index contributed by atoms with van der Waals surface area (Å²) in [6, 6.07) is 20.9. The lowest BCUT2D eigenvalue weighted by Gasteiger charge is -2.44. The molecule has 0 bridgehead atoms. The van der Waals surface area contributed by atoms with Crippen molar-refractivity contribution in [2.24, 2.45) is 0 Å². The summed E-state index contributed by atoms with van der Waals surface area (Å²) in [4.78, 5) is 46.1. The highest BCUT2D eigenvalue weighted by molar-refractivity contribution is 8.06. The quantitative estimate of drug-likeness (QED) is 0.181. The maximum absolute atomic E-state index is 13.1. The number of nitrogens with one attached hydrogen (secondary N) is 1. The van der Waals surface area contributed by atoms with E-state index in [1.165, 1.54) is 16.7 Å². The molecule has 0 radical (unpaired) electrons. The highest BCUT2D eigenvalue weighted by atomic mass is 35.5. The molecule has 0 saturated carbocycles. The third-order valence-corrected chi connectivity index (χ3v) is 9.16. The number of benzene rings is 3. The van der Waals surface area contributed by atoms with E-state index >= 15 is 0 Å². The molecular formula is C28H21ClN2O5S2.